The molecule has 24 heavy (non-hydrogen) atoms. The zero-order valence-corrected chi connectivity index (χ0v) is 15.4. The quantitative estimate of drug-likeness (QED) is 0.551. The van der Waals surface area contributed by atoms with Gasteiger partial charge in [0.25, 0.3) is 0 Å². The molecule has 0 aromatic heterocycles. The van der Waals surface area contributed by atoms with Gasteiger partial charge in [-0.15, -0.1) is 11.6 Å². The van der Waals surface area contributed by atoms with Crippen molar-refractivity contribution in [1.82, 2.24) is 4.90 Å². The number of likely N-dealkylation sites (N-methyl/N-ethyl adjacent to an activating group) is 1. The van der Waals surface area contributed by atoms with Gasteiger partial charge in [0, 0.05) is 6.54 Å². The van der Waals surface area contributed by atoms with Crippen molar-refractivity contribution in [3.05, 3.63) is 71.3 Å². The summed E-state index contributed by atoms with van der Waals surface area (Å²) in [6.45, 7) is 5.70. The molecule has 0 amide bonds. The Balaban J connectivity index is 1.41. The second kappa shape index (κ2) is 8.18. The van der Waals surface area contributed by atoms with Gasteiger partial charge in [-0.05, 0) is 61.9 Å². The molecule has 1 aliphatic rings. The molecule has 0 heterocycles. The zero-order chi connectivity index (χ0) is 16.8. The molecule has 0 aliphatic heterocycles. The molecular formula is C22H28ClN. The van der Waals surface area contributed by atoms with Crippen LogP contribution in [0.3, 0.4) is 0 Å². The minimum atomic E-state index is -0.0328. The minimum absolute atomic E-state index is 0.0328. The first kappa shape index (κ1) is 17.5. The predicted octanol–water partition coefficient (Wildman–Crippen LogP) is 5.41. The summed E-state index contributed by atoms with van der Waals surface area (Å²) >= 11 is 6.47. The molecule has 2 aromatic carbocycles. The molecule has 3 rings (SSSR count). The molecule has 1 fully saturated rings. The number of rotatable bonds is 9. The minimum Gasteiger partial charge on any atom is -0.303 e. The Morgan fingerprint density at radius 2 is 1.54 bits per heavy atom. The van der Waals surface area contributed by atoms with Crippen molar-refractivity contribution in [2.75, 3.05) is 19.6 Å². The van der Waals surface area contributed by atoms with E-state index < -0.39 is 0 Å². The maximum absolute atomic E-state index is 6.47. The van der Waals surface area contributed by atoms with Crippen molar-refractivity contribution in [3.8, 4) is 0 Å². The smallest absolute Gasteiger partial charge is 0.0696 e. The number of aryl methyl sites for hydroxylation is 1. The molecule has 128 valence electrons. The summed E-state index contributed by atoms with van der Waals surface area (Å²) < 4.78 is 0. The lowest BCUT2D eigenvalue weighted by atomic mass is 10.0. The highest BCUT2D eigenvalue weighted by Crippen LogP contribution is 2.51. The fourth-order valence-corrected chi connectivity index (χ4v) is 3.46. The molecule has 2 aromatic rings. The van der Waals surface area contributed by atoms with Crippen molar-refractivity contribution < 1.29 is 0 Å². The standard InChI is InChI=1S/C22H28ClN/c1-2-24(18-14-19-7-4-3-5-8-19)17-6-9-20-10-12-21(13-11-20)22(23)15-16-22/h3-5,7-8,10-13H,2,6,9,14-18H2,1H3. The Kier molecular flexibility index (Phi) is 5.97. The molecule has 0 atom stereocenters. The summed E-state index contributed by atoms with van der Waals surface area (Å²) in [5.41, 5.74) is 4.16. The fraction of sp³-hybridized carbons (Fsp3) is 0.455. The van der Waals surface area contributed by atoms with Gasteiger partial charge in [0.2, 0.25) is 0 Å². The molecule has 1 saturated carbocycles. The average Bonchev–Trinajstić information content (AvgIpc) is 3.38. The Bertz CT molecular complexity index is 616. The number of alkyl halides is 1. The SMILES string of the molecule is CCN(CCCc1ccc(C2(Cl)CC2)cc1)CCc1ccccc1. The molecule has 2 heteroatoms. The van der Waals surface area contributed by atoms with Gasteiger partial charge in [-0.2, -0.15) is 0 Å². The first-order valence-electron chi connectivity index (χ1n) is 9.24. The van der Waals surface area contributed by atoms with Gasteiger partial charge in [-0.3, -0.25) is 0 Å². The van der Waals surface area contributed by atoms with Gasteiger partial charge >= 0.3 is 0 Å². The maximum Gasteiger partial charge on any atom is 0.0696 e. The summed E-state index contributed by atoms with van der Waals surface area (Å²) in [6.07, 6.45) is 5.76. The summed E-state index contributed by atoms with van der Waals surface area (Å²) in [5, 5.41) is 0. The van der Waals surface area contributed by atoms with Crippen LogP contribution in [0.4, 0.5) is 0 Å². The van der Waals surface area contributed by atoms with Gasteiger partial charge in [0.15, 0.2) is 0 Å². The van der Waals surface area contributed by atoms with Crippen LogP contribution in [0.15, 0.2) is 54.6 Å². The van der Waals surface area contributed by atoms with E-state index in [0.29, 0.717) is 0 Å². The molecule has 1 nitrogen and oxygen atoms in total. The third-order valence-electron chi connectivity index (χ3n) is 5.11. The van der Waals surface area contributed by atoms with Gasteiger partial charge in [-0.25, -0.2) is 0 Å². The van der Waals surface area contributed by atoms with Crippen molar-refractivity contribution >= 4 is 11.6 Å². The van der Waals surface area contributed by atoms with Gasteiger partial charge in [-0.1, -0.05) is 61.5 Å². The van der Waals surface area contributed by atoms with E-state index in [1.165, 1.54) is 29.7 Å². The highest BCUT2D eigenvalue weighted by molar-refractivity contribution is 6.25. The molecule has 0 N–H and O–H groups in total. The summed E-state index contributed by atoms with van der Waals surface area (Å²) in [7, 11) is 0. The molecule has 0 saturated heterocycles. The zero-order valence-electron chi connectivity index (χ0n) is 14.7. The van der Waals surface area contributed by atoms with E-state index in [1.54, 1.807) is 0 Å². The summed E-state index contributed by atoms with van der Waals surface area (Å²) in [6, 6.07) is 19.8. The first-order chi connectivity index (χ1) is 11.7. The van der Waals surface area contributed by atoms with Crippen LogP contribution in [0, 0.1) is 0 Å². The van der Waals surface area contributed by atoms with Crippen LogP contribution in [0.5, 0.6) is 0 Å². The lowest BCUT2D eigenvalue weighted by molar-refractivity contribution is 0.288. The van der Waals surface area contributed by atoms with E-state index in [0.717, 1.165) is 38.8 Å². The van der Waals surface area contributed by atoms with Gasteiger partial charge in [0.1, 0.15) is 0 Å². The Hall–Kier alpha value is -1.31. The van der Waals surface area contributed by atoms with Crippen LogP contribution < -0.4 is 0 Å². The van der Waals surface area contributed by atoms with E-state index in [4.69, 9.17) is 11.6 Å². The lowest BCUT2D eigenvalue weighted by Crippen LogP contribution is -2.27. The van der Waals surface area contributed by atoms with Gasteiger partial charge in [0.05, 0.1) is 4.87 Å². The van der Waals surface area contributed by atoms with E-state index in [2.05, 4.69) is 66.4 Å². The second-order valence-electron chi connectivity index (χ2n) is 6.94. The summed E-state index contributed by atoms with van der Waals surface area (Å²) in [4.78, 5) is 2.52. The summed E-state index contributed by atoms with van der Waals surface area (Å²) in [5.74, 6) is 0. The second-order valence-corrected chi connectivity index (χ2v) is 7.66. The highest BCUT2D eigenvalue weighted by Gasteiger charge is 2.41. The van der Waals surface area contributed by atoms with Crippen LogP contribution >= 0.6 is 11.6 Å². The topological polar surface area (TPSA) is 3.24 Å². The van der Waals surface area contributed by atoms with Crippen molar-refractivity contribution in [2.24, 2.45) is 0 Å². The first-order valence-corrected chi connectivity index (χ1v) is 9.62. The third-order valence-corrected chi connectivity index (χ3v) is 5.70. The van der Waals surface area contributed by atoms with Crippen LogP contribution in [-0.2, 0) is 17.7 Å². The van der Waals surface area contributed by atoms with Crippen molar-refractivity contribution in [3.63, 3.8) is 0 Å². The molecule has 0 bridgehead atoms. The average molecular weight is 342 g/mol. The largest absolute Gasteiger partial charge is 0.303 e. The lowest BCUT2D eigenvalue weighted by Gasteiger charge is -2.20. The number of nitrogens with zero attached hydrogens (tertiary/aromatic N) is 1. The van der Waals surface area contributed by atoms with Crippen LogP contribution in [0.25, 0.3) is 0 Å². The molecule has 0 unspecified atom stereocenters. The third kappa shape index (κ3) is 4.84. The normalized spacial score (nSPS) is 15.6. The molecule has 0 spiro atoms. The molecular weight excluding hydrogens is 314 g/mol. The van der Waals surface area contributed by atoms with E-state index in [9.17, 15) is 0 Å². The Morgan fingerprint density at radius 3 is 2.17 bits per heavy atom. The molecule has 0 radical (unpaired) electrons. The number of hydrogen-bond donors (Lipinski definition) is 0. The van der Waals surface area contributed by atoms with Crippen LogP contribution in [0.2, 0.25) is 0 Å². The van der Waals surface area contributed by atoms with Crippen LogP contribution in [0.1, 0.15) is 42.9 Å². The highest BCUT2D eigenvalue weighted by atomic mass is 35.5. The van der Waals surface area contributed by atoms with E-state index in [1.807, 2.05) is 0 Å². The number of halogens is 1. The van der Waals surface area contributed by atoms with Crippen LogP contribution in [-0.4, -0.2) is 24.5 Å². The number of hydrogen-bond acceptors (Lipinski definition) is 1. The van der Waals surface area contributed by atoms with Crippen molar-refractivity contribution in [1.29, 1.82) is 0 Å². The maximum atomic E-state index is 6.47. The fourth-order valence-electron chi connectivity index (χ4n) is 3.24. The molecule has 1 aliphatic carbocycles. The monoisotopic (exact) mass is 341 g/mol. The van der Waals surface area contributed by atoms with Gasteiger partial charge < -0.3 is 4.90 Å². The Morgan fingerprint density at radius 1 is 0.875 bits per heavy atom. The van der Waals surface area contributed by atoms with Crippen molar-refractivity contribution in [2.45, 2.75) is 43.9 Å². The van der Waals surface area contributed by atoms with E-state index >= 15 is 0 Å². The Labute approximate surface area is 151 Å². The number of benzene rings is 2. The predicted molar refractivity (Wildman–Crippen MR) is 104 cm³/mol. The van der Waals surface area contributed by atoms with E-state index in [-0.39, 0.29) is 4.87 Å².